The summed E-state index contributed by atoms with van der Waals surface area (Å²) >= 11 is 7.39. The Kier molecular flexibility index (Phi) is 4.06. The van der Waals surface area contributed by atoms with E-state index in [9.17, 15) is 14.4 Å². The number of hydrogen-bond donors (Lipinski definition) is 1. The lowest BCUT2D eigenvalue weighted by Crippen LogP contribution is -2.42. The highest BCUT2D eigenvalue weighted by Gasteiger charge is 2.15. The van der Waals surface area contributed by atoms with Crippen LogP contribution >= 0.6 is 22.9 Å². The van der Waals surface area contributed by atoms with E-state index in [1.54, 1.807) is 12.1 Å². The summed E-state index contributed by atoms with van der Waals surface area (Å²) in [7, 11) is 0. The van der Waals surface area contributed by atoms with Crippen LogP contribution in [0.2, 0.25) is 5.02 Å². The topological polar surface area (TPSA) is 87.1 Å². The number of thiophene rings is 1. The van der Waals surface area contributed by atoms with Gasteiger partial charge < -0.3 is 5.73 Å². The minimum Gasteiger partial charge on any atom is -0.368 e. The fourth-order valence-corrected chi connectivity index (χ4v) is 3.26. The first-order valence-corrected chi connectivity index (χ1v) is 7.96. The van der Waals surface area contributed by atoms with Crippen LogP contribution in [-0.2, 0) is 17.9 Å². The van der Waals surface area contributed by atoms with E-state index in [1.807, 2.05) is 17.5 Å². The van der Waals surface area contributed by atoms with Crippen LogP contribution in [0.1, 0.15) is 4.88 Å². The molecule has 2 N–H and O–H groups in total. The molecule has 6 nitrogen and oxygen atoms in total. The number of benzene rings is 1. The molecule has 0 aliphatic rings. The number of aromatic nitrogens is 2. The van der Waals surface area contributed by atoms with Crippen molar-refractivity contribution in [2.75, 3.05) is 0 Å². The Bertz CT molecular complexity index is 1010. The molecule has 2 aromatic heterocycles. The number of fused-ring (bicyclic) bond motifs is 1. The van der Waals surface area contributed by atoms with Crippen LogP contribution in [0.15, 0.2) is 45.3 Å². The van der Waals surface area contributed by atoms with Crippen molar-refractivity contribution in [2.45, 2.75) is 13.1 Å². The van der Waals surface area contributed by atoms with Crippen molar-refractivity contribution in [3.05, 3.63) is 66.4 Å². The van der Waals surface area contributed by atoms with E-state index < -0.39 is 17.2 Å². The van der Waals surface area contributed by atoms with Gasteiger partial charge in [-0.1, -0.05) is 17.7 Å². The van der Waals surface area contributed by atoms with Crippen LogP contribution in [0, 0.1) is 0 Å². The van der Waals surface area contributed by atoms with Crippen LogP contribution < -0.4 is 17.0 Å². The fraction of sp³-hybridized carbons (Fsp3) is 0.133. The number of carbonyl (C=O) groups excluding carboxylic acids is 1. The Hall–Kier alpha value is -2.38. The molecule has 1 amide bonds. The van der Waals surface area contributed by atoms with E-state index in [-0.39, 0.29) is 13.1 Å². The zero-order chi connectivity index (χ0) is 16.6. The van der Waals surface area contributed by atoms with Gasteiger partial charge >= 0.3 is 5.69 Å². The van der Waals surface area contributed by atoms with Crippen molar-refractivity contribution < 1.29 is 4.79 Å². The lowest BCUT2D eigenvalue weighted by atomic mass is 10.2. The standard InChI is InChI=1S/C15H12ClN3O3S/c16-9-3-4-11-12(6-9)18(8-13(17)20)15(22)19(14(11)21)7-10-2-1-5-23-10/h1-6H,7-8H2,(H2,17,20). The third-order valence-electron chi connectivity index (χ3n) is 3.40. The summed E-state index contributed by atoms with van der Waals surface area (Å²) in [6, 6.07) is 8.27. The maximum Gasteiger partial charge on any atom is 0.332 e. The predicted octanol–water partition coefficient (Wildman–Crippen LogP) is 1.41. The SMILES string of the molecule is NC(=O)Cn1c(=O)n(Cc2cccs2)c(=O)c2ccc(Cl)cc21. The average molecular weight is 350 g/mol. The third kappa shape index (κ3) is 2.93. The number of hydrogen-bond acceptors (Lipinski definition) is 4. The highest BCUT2D eigenvalue weighted by molar-refractivity contribution is 7.09. The monoisotopic (exact) mass is 349 g/mol. The van der Waals surface area contributed by atoms with Crippen LogP contribution in [0.4, 0.5) is 0 Å². The first-order valence-electron chi connectivity index (χ1n) is 6.71. The highest BCUT2D eigenvalue weighted by atomic mass is 35.5. The zero-order valence-corrected chi connectivity index (χ0v) is 13.4. The molecule has 0 fully saturated rings. The summed E-state index contributed by atoms with van der Waals surface area (Å²) in [6.45, 7) is -0.174. The first kappa shape index (κ1) is 15.5. The second kappa shape index (κ2) is 6.02. The second-order valence-electron chi connectivity index (χ2n) is 4.97. The van der Waals surface area contributed by atoms with Gasteiger partial charge in [0.05, 0.1) is 17.4 Å². The number of amides is 1. The van der Waals surface area contributed by atoms with E-state index >= 15 is 0 Å². The number of carbonyl (C=O) groups is 1. The molecule has 0 aliphatic carbocycles. The average Bonchev–Trinajstić information content (AvgIpc) is 3.00. The smallest absolute Gasteiger partial charge is 0.332 e. The Balaban J connectivity index is 2.32. The van der Waals surface area contributed by atoms with Gasteiger partial charge in [-0.25, -0.2) is 4.79 Å². The molecule has 0 bridgehead atoms. The summed E-state index contributed by atoms with van der Waals surface area (Å²) in [6.07, 6.45) is 0. The molecule has 0 unspecified atom stereocenters. The van der Waals surface area contributed by atoms with Gasteiger partial charge in [0.2, 0.25) is 5.91 Å². The number of rotatable bonds is 4. The molecular weight excluding hydrogens is 338 g/mol. The molecule has 2 heterocycles. The van der Waals surface area contributed by atoms with Gasteiger partial charge in [0.15, 0.2) is 0 Å². The normalized spacial score (nSPS) is 11.0. The van der Waals surface area contributed by atoms with Crippen molar-refractivity contribution in [1.29, 1.82) is 0 Å². The van der Waals surface area contributed by atoms with E-state index in [0.717, 1.165) is 9.44 Å². The molecule has 8 heteroatoms. The van der Waals surface area contributed by atoms with E-state index in [4.69, 9.17) is 17.3 Å². The lowest BCUT2D eigenvalue weighted by molar-refractivity contribution is -0.118. The Labute approximate surface area is 139 Å². The van der Waals surface area contributed by atoms with Gasteiger partial charge in [0.25, 0.3) is 5.56 Å². The molecule has 118 valence electrons. The molecule has 1 aromatic carbocycles. The van der Waals surface area contributed by atoms with Gasteiger partial charge in [0.1, 0.15) is 6.54 Å². The second-order valence-corrected chi connectivity index (χ2v) is 6.44. The maximum atomic E-state index is 12.7. The molecule has 0 spiro atoms. The van der Waals surface area contributed by atoms with Gasteiger partial charge in [0, 0.05) is 9.90 Å². The molecule has 0 saturated carbocycles. The van der Waals surface area contributed by atoms with Crippen molar-refractivity contribution in [3.8, 4) is 0 Å². The first-order chi connectivity index (χ1) is 11.0. The van der Waals surface area contributed by atoms with E-state index in [0.29, 0.717) is 15.9 Å². The summed E-state index contributed by atoms with van der Waals surface area (Å²) in [5.41, 5.74) is 4.52. The molecule has 0 radical (unpaired) electrons. The summed E-state index contributed by atoms with van der Waals surface area (Å²) < 4.78 is 2.28. The summed E-state index contributed by atoms with van der Waals surface area (Å²) in [5.74, 6) is -0.672. The van der Waals surface area contributed by atoms with Crippen LogP contribution in [0.25, 0.3) is 10.9 Å². The molecule has 0 aliphatic heterocycles. The largest absolute Gasteiger partial charge is 0.368 e. The highest BCUT2D eigenvalue weighted by Crippen LogP contribution is 2.16. The number of nitrogens with two attached hydrogens (primary N) is 1. The minimum absolute atomic E-state index is 0.145. The van der Waals surface area contributed by atoms with Crippen LogP contribution in [0.5, 0.6) is 0 Å². The Morgan fingerprint density at radius 1 is 1.22 bits per heavy atom. The molecular formula is C15H12ClN3O3S. The fourth-order valence-electron chi connectivity index (χ4n) is 2.40. The number of halogens is 1. The molecule has 3 aromatic rings. The third-order valence-corrected chi connectivity index (χ3v) is 4.49. The van der Waals surface area contributed by atoms with Crippen LogP contribution in [0.3, 0.4) is 0 Å². The van der Waals surface area contributed by atoms with E-state index in [2.05, 4.69) is 0 Å². The quantitative estimate of drug-likeness (QED) is 0.772. The Morgan fingerprint density at radius 3 is 2.65 bits per heavy atom. The maximum absolute atomic E-state index is 12.7. The summed E-state index contributed by atoms with van der Waals surface area (Å²) in [5, 5.41) is 2.54. The van der Waals surface area contributed by atoms with Gasteiger partial charge in [-0.3, -0.25) is 18.7 Å². The number of nitrogens with zero attached hydrogens (tertiary/aromatic N) is 2. The predicted molar refractivity (Wildman–Crippen MR) is 90.1 cm³/mol. The number of primary amides is 1. The minimum atomic E-state index is -0.672. The van der Waals surface area contributed by atoms with Crippen LogP contribution in [-0.4, -0.2) is 15.0 Å². The Morgan fingerprint density at radius 2 is 2.00 bits per heavy atom. The van der Waals surface area contributed by atoms with Crippen molar-refractivity contribution in [1.82, 2.24) is 9.13 Å². The van der Waals surface area contributed by atoms with Crippen molar-refractivity contribution in [3.63, 3.8) is 0 Å². The van der Waals surface area contributed by atoms with Gasteiger partial charge in [-0.2, -0.15) is 0 Å². The van der Waals surface area contributed by atoms with E-state index in [1.165, 1.54) is 22.0 Å². The van der Waals surface area contributed by atoms with Gasteiger partial charge in [-0.05, 0) is 29.6 Å². The van der Waals surface area contributed by atoms with Crippen molar-refractivity contribution in [2.24, 2.45) is 5.73 Å². The molecule has 23 heavy (non-hydrogen) atoms. The molecule has 0 saturated heterocycles. The van der Waals surface area contributed by atoms with Crippen molar-refractivity contribution >= 4 is 39.7 Å². The molecule has 3 rings (SSSR count). The zero-order valence-electron chi connectivity index (χ0n) is 11.9. The molecule has 0 atom stereocenters. The van der Waals surface area contributed by atoms with Gasteiger partial charge in [-0.15, -0.1) is 11.3 Å². The lowest BCUT2D eigenvalue weighted by Gasteiger charge is -2.12. The summed E-state index contributed by atoms with van der Waals surface area (Å²) in [4.78, 5) is 37.4.